The van der Waals surface area contributed by atoms with E-state index in [4.69, 9.17) is 4.74 Å². The lowest BCUT2D eigenvalue weighted by atomic mass is 10.1. The Morgan fingerprint density at radius 1 is 1.12 bits per heavy atom. The number of amides is 1. The number of hydrogen-bond donors (Lipinski definition) is 1. The number of esters is 1. The second-order valence-electron chi connectivity index (χ2n) is 6.23. The van der Waals surface area contributed by atoms with Crippen molar-refractivity contribution in [2.24, 2.45) is 5.92 Å². The highest BCUT2D eigenvalue weighted by molar-refractivity contribution is 6.01. The van der Waals surface area contributed by atoms with Gasteiger partial charge in [0.15, 0.2) is 0 Å². The Morgan fingerprint density at radius 3 is 2.60 bits per heavy atom. The average Bonchev–Trinajstić information content (AvgIpc) is 3.11. The first-order valence-electron chi connectivity index (χ1n) is 8.42. The van der Waals surface area contributed by atoms with Gasteiger partial charge >= 0.3 is 5.97 Å². The van der Waals surface area contributed by atoms with Gasteiger partial charge in [0.05, 0.1) is 24.3 Å². The Balaban J connectivity index is 1.61. The highest BCUT2D eigenvalue weighted by atomic mass is 16.5. The molecule has 2 aromatic rings. The molecule has 0 saturated carbocycles. The molecule has 25 heavy (non-hydrogen) atoms. The van der Waals surface area contributed by atoms with Crippen molar-refractivity contribution in [3.63, 3.8) is 0 Å². The second kappa shape index (κ2) is 7.94. The summed E-state index contributed by atoms with van der Waals surface area (Å²) in [5.74, 6) is -0.575. The lowest BCUT2D eigenvalue weighted by Gasteiger charge is -2.16. The highest BCUT2D eigenvalue weighted by Crippen LogP contribution is 2.22. The molecule has 0 spiro atoms. The van der Waals surface area contributed by atoms with Crippen LogP contribution in [0.2, 0.25) is 0 Å². The van der Waals surface area contributed by atoms with Crippen molar-refractivity contribution in [2.45, 2.75) is 13.0 Å². The van der Waals surface area contributed by atoms with Crippen LogP contribution in [0.15, 0.2) is 54.6 Å². The van der Waals surface area contributed by atoms with E-state index in [1.807, 2.05) is 18.2 Å². The van der Waals surface area contributed by atoms with E-state index in [2.05, 4.69) is 22.3 Å². The molecule has 1 heterocycles. The smallest absolute Gasteiger partial charge is 0.339 e. The summed E-state index contributed by atoms with van der Waals surface area (Å²) in [4.78, 5) is 26.7. The number of nitrogens with one attached hydrogen (secondary N) is 1. The van der Waals surface area contributed by atoms with Crippen molar-refractivity contribution < 1.29 is 14.3 Å². The number of carbonyl (C=O) groups excluding carboxylic acids is 2. The largest absolute Gasteiger partial charge is 0.465 e. The number of benzene rings is 2. The minimum atomic E-state index is -0.451. The third-order valence-electron chi connectivity index (χ3n) is 4.48. The molecule has 0 bridgehead atoms. The summed E-state index contributed by atoms with van der Waals surface area (Å²) in [6, 6.07) is 17.2. The fraction of sp³-hybridized carbons (Fsp3) is 0.300. The number of likely N-dealkylation sites (tertiary alicyclic amines) is 1. The second-order valence-corrected chi connectivity index (χ2v) is 6.23. The van der Waals surface area contributed by atoms with Crippen molar-refractivity contribution in [1.82, 2.24) is 4.90 Å². The number of anilines is 1. The van der Waals surface area contributed by atoms with Crippen LogP contribution in [0.3, 0.4) is 0 Å². The molecule has 0 aromatic heterocycles. The van der Waals surface area contributed by atoms with Crippen LogP contribution in [0.4, 0.5) is 5.69 Å². The summed E-state index contributed by atoms with van der Waals surface area (Å²) >= 11 is 0. The molecule has 1 aliphatic heterocycles. The standard InChI is InChI=1S/C20H22N2O3/c1-25-20(24)17-9-5-6-10-18(17)21-19(23)16-11-12-22(14-16)13-15-7-3-2-4-8-15/h2-10,16H,11-14H2,1H3,(H,21,23). The average molecular weight is 338 g/mol. The van der Waals surface area contributed by atoms with E-state index in [1.54, 1.807) is 24.3 Å². The lowest BCUT2D eigenvalue weighted by molar-refractivity contribution is -0.119. The lowest BCUT2D eigenvalue weighted by Crippen LogP contribution is -2.27. The fourth-order valence-electron chi connectivity index (χ4n) is 3.15. The monoisotopic (exact) mass is 338 g/mol. The zero-order chi connectivity index (χ0) is 17.6. The predicted octanol–water partition coefficient (Wildman–Crippen LogP) is 2.93. The first-order chi connectivity index (χ1) is 12.2. The van der Waals surface area contributed by atoms with Crippen LogP contribution in [0.25, 0.3) is 0 Å². The van der Waals surface area contributed by atoms with Gasteiger partial charge in [-0.25, -0.2) is 4.79 Å². The van der Waals surface area contributed by atoms with Crippen LogP contribution in [-0.2, 0) is 16.1 Å². The number of hydrogen-bond acceptors (Lipinski definition) is 4. The molecule has 1 fully saturated rings. The van der Waals surface area contributed by atoms with Gasteiger partial charge in [0, 0.05) is 13.1 Å². The summed E-state index contributed by atoms with van der Waals surface area (Å²) < 4.78 is 4.77. The maximum atomic E-state index is 12.6. The predicted molar refractivity (Wildman–Crippen MR) is 96.2 cm³/mol. The van der Waals surface area contributed by atoms with E-state index in [0.29, 0.717) is 11.3 Å². The van der Waals surface area contributed by atoms with Crippen LogP contribution < -0.4 is 5.32 Å². The summed E-state index contributed by atoms with van der Waals surface area (Å²) in [7, 11) is 1.33. The molecule has 130 valence electrons. The molecule has 1 saturated heterocycles. The molecule has 1 amide bonds. The van der Waals surface area contributed by atoms with Crippen LogP contribution in [0, 0.1) is 5.92 Å². The van der Waals surface area contributed by atoms with Gasteiger partial charge in [-0.2, -0.15) is 0 Å². The number of para-hydroxylation sites is 1. The van der Waals surface area contributed by atoms with Crippen LogP contribution in [0.1, 0.15) is 22.3 Å². The van der Waals surface area contributed by atoms with Gasteiger partial charge in [0.1, 0.15) is 0 Å². The van der Waals surface area contributed by atoms with E-state index < -0.39 is 5.97 Å². The number of nitrogens with zero attached hydrogens (tertiary/aromatic N) is 1. The molecular weight excluding hydrogens is 316 g/mol. The molecule has 1 atom stereocenters. The zero-order valence-electron chi connectivity index (χ0n) is 14.3. The van der Waals surface area contributed by atoms with Crippen molar-refractivity contribution in [3.8, 4) is 0 Å². The normalized spacial score (nSPS) is 17.2. The molecule has 1 aliphatic rings. The van der Waals surface area contributed by atoms with E-state index in [9.17, 15) is 9.59 Å². The number of ether oxygens (including phenoxy) is 1. The van der Waals surface area contributed by atoms with Crippen LogP contribution in [-0.4, -0.2) is 37.0 Å². The Hall–Kier alpha value is -2.66. The summed E-state index contributed by atoms with van der Waals surface area (Å²) in [6.45, 7) is 2.47. The minimum absolute atomic E-state index is 0.0492. The first kappa shape index (κ1) is 17.2. The van der Waals surface area contributed by atoms with Gasteiger partial charge < -0.3 is 10.1 Å². The minimum Gasteiger partial charge on any atom is -0.465 e. The highest BCUT2D eigenvalue weighted by Gasteiger charge is 2.29. The molecule has 1 N–H and O–H groups in total. The molecule has 2 aromatic carbocycles. The first-order valence-corrected chi connectivity index (χ1v) is 8.42. The SMILES string of the molecule is COC(=O)c1ccccc1NC(=O)C1CCN(Cc2ccccc2)C1. The van der Waals surface area contributed by atoms with Crippen molar-refractivity contribution >= 4 is 17.6 Å². The van der Waals surface area contributed by atoms with Crippen LogP contribution in [0.5, 0.6) is 0 Å². The van der Waals surface area contributed by atoms with Gasteiger partial charge in [-0.15, -0.1) is 0 Å². The topological polar surface area (TPSA) is 58.6 Å². The van der Waals surface area contributed by atoms with E-state index in [-0.39, 0.29) is 11.8 Å². The Labute approximate surface area is 147 Å². The van der Waals surface area contributed by atoms with Gasteiger partial charge in [-0.1, -0.05) is 42.5 Å². The van der Waals surface area contributed by atoms with E-state index in [0.717, 1.165) is 26.1 Å². The van der Waals surface area contributed by atoms with Gasteiger partial charge in [-0.3, -0.25) is 9.69 Å². The fourth-order valence-corrected chi connectivity index (χ4v) is 3.15. The van der Waals surface area contributed by atoms with E-state index in [1.165, 1.54) is 12.7 Å². The Kier molecular flexibility index (Phi) is 5.46. The molecular formula is C20H22N2O3. The third-order valence-corrected chi connectivity index (χ3v) is 4.48. The zero-order valence-corrected chi connectivity index (χ0v) is 14.3. The van der Waals surface area contributed by atoms with Gasteiger partial charge in [0.2, 0.25) is 5.91 Å². The molecule has 5 heteroatoms. The Morgan fingerprint density at radius 2 is 1.84 bits per heavy atom. The summed E-state index contributed by atoms with van der Waals surface area (Å²) in [5, 5.41) is 2.89. The third kappa shape index (κ3) is 4.25. The molecule has 5 nitrogen and oxygen atoms in total. The Bertz CT molecular complexity index is 746. The maximum Gasteiger partial charge on any atom is 0.339 e. The van der Waals surface area contributed by atoms with Gasteiger partial charge in [-0.05, 0) is 30.7 Å². The summed E-state index contributed by atoms with van der Waals surface area (Å²) in [6.07, 6.45) is 0.819. The maximum absolute atomic E-state index is 12.6. The van der Waals surface area contributed by atoms with E-state index >= 15 is 0 Å². The molecule has 1 unspecified atom stereocenters. The quantitative estimate of drug-likeness (QED) is 0.852. The molecule has 0 radical (unpaired) electrons. The van der Waals surface area contributed by atoms with Crippen LogP contribution >= 0.6 is 0 Å². The molecule has 3 rings (SSSR count). The molecule has 0 aliphatic carbocycles. The summed E-state index contributed by atoms with van der Waals surface area (Å²) in [5.41, 5.74) is 2.12. The number of rotatable bonds is 5. The van der Waals surface area contributed by atoms with Gasteiger partial charge in [0.25, 0.3) is 0 Å². The van der Waals surface area contributed by atoms with Crippen molar-refractivity contribution in [2.75, 3.05) is 25.5 Å². The number of methoxy groups -OCH3 is 1. The van der Waals surface area contributed by atoms with Crippen molar-refractivity contribution in [3.05, 3.63) is 65.7 Å². The number of carbonyl (C=O) groups is 2. The van der Waals surface area contributed by atoms with Crippen molar-refractivity contribution in [1.29, 1.82) is 0 Å².